The van der Waals surface area contributed by atoms with E-state index in [2.05, 4.69) is 10.6 Å². The average Bonchev–Trinajstić information content (AvgIpc) is 2.37. The van der Waals surface area contributed by atoms with Gasteiger partial charge >= 0.3 is 0 Å². The Morgan fingerprint density at radius 2 is 2.00 bits per heavy atom. The Balaban J connectivity index is 0.00000324. The van der Waals surface area contributed by atoms with E-state index in [1.54, 1.807) is 7.11 Å². The number of amides is 1. The molecule has 5 nitrogen and oxygen atoms in total. The lowest BCUT2D eigenvalue weighted by molar-refractivity contribution is -0.115. The number of hydrogen-bond acceptors (Lipinski definition) is 4. The summed E-state index contributed by atoms with van der Waals surface area (Å²) in [7, 11) is 1.62. The first-order chi connectivity index (χ1) is 8.76. The molecule has 1 amide bonds. The summed E-state index contributed by atoms with van der Waals surface area (Å²) in [4.78, 5) is 11.5. The summed E-state index contributed by atoms with van der Waals surface area (Å²) < 4.78 is 4.86. The number of anilines is 1. The van der Waals surface area contributed by atoms with Gasteiger partial charge in [-0.2, -0.15) is 0 Å². The molecule has 0 aliphatic carbocycles. The maximum Gasteiger partial charge on any atom is 0.238 e. The highest BCUT2D eigenvalue weighted by molar-refractivity contribution is 5.92. The number of hydrogen-bond donors (Lipinski definition) is 3. The van der Waals surface area contributed by atoms with E-state index < -0.39 is 0 Å². The second-order valence-corrected chi connectivity index (χ2v) is 3.89. The van der Waals surface area contributed by atoms with Crippen LogP contribution in [0, 0.1) is 0 Å². The van der Waals surface area contributed by atoms with Crippen LogP contribution < -0.4 is 10.6 Å². The van der Waals surface area contributed by atoms with Crippen molar-refractivity contribution in [2.75, 3.05) is 38.7 Å². The van der Waals surface area contributed by atoms with Gasteiger partial charge in [0.2, 0.25) is 5.91 Å². The number of aliphatic hydroxyl groups is 1. The van der Waals surface area contributed by atoms with Crippen LogP contribution in [0.4, 0.5) is 5.69 Å². The highest BCUT2D eigenvalue weighted by Gasteiger charge is 2.01. The Morgan fingerprint density at radius 1 is 1.32 bits per heavy atom. The van der Waals surface area contributed by atoms with Gasteiger partial charge in [-0.3, -0.25) is 4.79 Å². The standard InChI is InChI=1S/C13H20N2O3.ClH/c1-18-9-7-14-10-13(17)15-12-4-2-11(3-5-12)6-8-16;/h2-5,14,16H,6-10H2,1H3,(H,15,17);1H. The van der Waals surface area contributed by atoms with Gasteiger partial charge < -0.3 is 20.5 Å². The van der Waals surface area contributed by atoms with Gasteiger partial charge in [0.25, 0.3) is 0 Å². The van der Waals surface area contributed by atoms with E-state index in [4.69, 9.17) is 9.84 Å². The van der Waals surface area contributed by atoms with Crippen molar-refractivity contribution in [2.45, 2.75) is 6.42 Å². The molecule has 0 unspecified atom stereocenters. The van der Waals surface area contributed by atoms with Crippen LogP contribution in [0.2, 0.25) is 0 Å². The van der Waals surface area contributed by atoms with Gasteiger partial charge in [0.05, 0.1) is 13.2 Å². The molecule has 3 N–H and O–H groups in total. The molecule has 0 aromatic heterocycles. The number of methoxy groups -OCH3 is 1. The molecule has 0 radical (unpaired) electrons. The van der Waals surface area contributed by atoms with Gasteiger partial charge in [0.15, 0.2) is 0 Å². The van der Waals surface area contributed by atoms with Gasteiger partial charge in [-0.1, -0.05) is 12.1 Å². The first-order valence-electron chi connectivity index (χ1n) is 5.95. The summed E-state index contributed by atoms with van der Waals surface area (Å²) in [5, 5.41) is 14.5. The molecule has 0 aliphatic rings. The monoisotopic (exact) mass is 288 g/mol. The summed E-state index contributed by atoms with van der Waals surface area (Å²) in [6, 6.07) is 7.45. The number of benzene rings is 1. The lowest BCUT2D eigenvalue weighted by Gasteiger charge is -2.07. The Bertz CT molecular complexity index is 357. The van der Waals surface area contributed by atoms with Crippen LogP contribution in [0.25, 0.3) is 0 Å². The molecule has 19 heavy (non-hydrogen) atoms. The van der Waals surface area contributed by atoms with Crippen LogP contribution in [-0.2, 0) is 16.0 Å². The van der Waals surface area contributed by atoms with Crippen molar-refractivity contribution in [1.82, 2.24) is 5.32 Å². The minimum atomic E-state index is -0.0824. The van der Waals surface area contributed by atoms with E-state index in [0.717, 1.165) is 11.3 Å². The van der Waals surface area contributed by atoms with Gasteiger partial charge in [-0.25, -0.2) is 0 Å². The van der Waals surface area contributed by atoms with Crippen LogP contribution in [0.1, 0.15) is 5.56 Å². The third-order valence-electron chi connectivity index (χ3n) is 2.41. The minimum absolute atomic E-state index is 0. The molecular formula is C13H21ClN2O3. The summed E-state index contributed by atoms with van der Waals surface area (Å²) in [5.41, 5.74) is 1.81. The number of carbonyl (C=O) groups is 1. The van der Waals surface area contributed by atoms with Crippen LogP contribution in [0.3, 0.4) is 0 Å². The van der Waals surface area contributed by atoms with E-state index in [-0.39, 0.29) is 31.5 Å². The normalized spacial score (nSPS) is 9.79. The molecule has 0 fully saturated rings. The van der Waals surface area contributed by atoms with Crippen molar-refractivity contribution in [2.24, 2.45) is 0 Å². The molecule has 1 rings (SSSR count). The number of nitrogens with one attached hydrogen (secondary N) is 2. The Hall–Kier alpha value is -1.14. The third-order valence-corrected chi connectivity index (χ3v) is 2.41. The zero-order valence-corrected chi connectivity index (χ0v) is 11.8. The Labute approximate surface area is 119 Å². The molecule has 0 saturated carbocycles. The van der Waals surface area contributed by atoms with Crippen molar-refractivity contribution in [3.63, 3.8) is 0 Å². The molecule has 108 valence electrons. The number of ether oxygens (including phenoxy) is 1. The number of rotatable bonds is 8. The zero-order valence-electron chi connectivity index (χ0n) is 11.0. The maximum absolute atomic E-state index is 11.5. The summed E-state index contributed by atoms with van der Waals surface area (Å²) >= 11 is 0. The zero-order chi connectivity index (χ0) is 13.2. The van der Waals surface area contributed by atoms with Crippen LogP contribution in [0.15, 0.2) is 24.3 Å². The summed E-state index contributed by atoms with van der Waals surface area (Å²) in [5.74, 6) is -0.0824. The van der Waals surface area contributed by atoms with E-state index in [9.17, 15) is 4.79 Å². The first kappa shape index (κ1) is 17.9. The lowest BCUT2D eigenvalue weighted by Crippen LogP contribution is -2.30. The SMILES string of the molecule is COCCNCC(=O)Nc1ccc(CCO)cc1.Cl. The van der Waals surface area contributed by atoms with Crippen molar-refractivity contribution < 1.29 is 14.6 Å². The molecule has 0 aliphatic heterocycles. The smallest absolute Gasteiger partial charge is 0.238 e. The minimum Gasteiger partial charge on any atom is -0.396 e. The van der Waals surface area contributed by atoms with E-state index >= 15 is 0 Å². The fraction of sp³-hybridized carbons (Fsp3) is 0.462. The maximum atomic E-state index is 11.5. The molecule has 6 heteroatoms. The number of carbonyl (C=O) groups excluding carboxylic acids is 1. The summed E-state index contributed by atoms with van der Waals surface area (Å²) in [6.07, 6.45) is 0.632. The van der Waals surface area contributed by atoms with Crippen LogP contribution in [0.5, 0.6) is 0 Å². The predicted molar refractivity (Wildman–Crippen MR) is 77.9 cm³/mol. The largest absolute Gasteiger partial charge is 0.396 e. The predicted octanol–water partition coefficient (Wildman–Crippen LogP) is 0.818. The highest BCUT2D eigenvalue weighted by atomic mass is 35.5. The highest BCUT2D eigenvalue weighted by Crippen LogP contribution is 2.09. The molecule has 0 saturated heterocycles. The third kappa shape index (κ3) is 7.79. The summed E-state index contributed by atoms with van der Waals surface area (Å²) in [6.45, 7) is 1.64. The van der Waals surface area contributed by atoms with Gasteiger partial charge in [0.1, 0.15) is 0 Å². The van der Waals surface area contributed by atoms with Gasteiger partial charge in [-0.05, 0) is 24.1 Å². The van der Waals surface area contributed by atoms with Crippen molar-refractivity contribution in [1.29, 1.82) is 0 Å². The fourth-order valence-corrected chi connectivity index (χ4v) is 1.47. The average molecular weight is 289 g/mol. The van der Waals surface area contributed by atoms with Crippen LogP contribution in [-0.4, -0.2) is 44.4 Å². The molecular weight excluding hydrogens is 268 g/mol. The first-order valence-corrected chi connectivity index (χ1v) is 5.95. The fourth-order valence-electron chi connectivity index (χ4n) is 1.47. The Morgan fingerprint density at radius 3 is 2.58 bits per heavy atom. The molecule has 0 atom stereocenters. The molecule has 0 heterocycles. The van der Waals surface area contributed by atoms with Crippen molar-refractivity contribution in [3.8, 4) is 0 Å². The van der Waals surface area contributed by atoms with Gasteiger partial charge in [0, 0.05) is 25.9 Å². The van der Waals surface area contributed by atoms with E-state index in [1.165, 1.54) is 0 Å². The second kappa shape index (κ2) is 10.8. The topological polar surface area (TPSA) is 70.6 Å². The second-order valence-electron chi connectivity index (χ2n) is 3.89. The number of halogens is 1. The molecule has 1 aromatic rings. The van der Waals surface area contributed by atoms with E-state index in [0.29, 0.717) is 19.6 Å². The van der Waals surface area contributed by atoms with Gasteiger partial charge in [-0.15, -0.1) is 12.4 Å². The van der Waals surface area contributed by atoms with Crippen molar-refractivity contribution >= 4 is 24.0 Å². The number of aliphatic hydroxyl groups excluding tert-OH is 1. The molecule has 0 bridgehead atoms. The van der Waals surface area contributed by atoms with Crippen LogP contribution >= 0.6 is 12.4 Å². The van der Waals surface area contributed by atoms with Crippen molar-refractivity contribution in [3.05, 3.63) is 29.8 Å². The lowest BCUT2D eigenvalue weighted by atomic mass is 10.1. The Kier molecular flexibility index (Phi) is 10.1. The van der Waals surface area contributed by atoms with E-state index in [1.807, 2.05) is 24.3 Å². The molecule has 0 spiro atoms. The molecule has 1 aromatic carbocycles. The quantitative estimate of drug-likeness (QED) is 0.620.